The number of aliphatic hydroxyl groups excluding tert-OH is 2. The molecule has 0 heterocycles. The second kappa shape index (κ2) is 71.3. The lowest BCUT2D eigenvalue weighted by Crippen LogP contribution is -2.45. The highest BCUT2D eigenvalue weighted by atomic mass is 16.5. The lowest BCUT2D eigenvalue weighted by atomic mass is 10.0. The minimum Gasteiger partial charge on any atom is -0.466 e. The van der Waals surface area contributed by atoms with E-state index in [-0.39, 0.29) is 18.5 Å². The number of ether oxygens (including phenoxy) is 1. The minimum absolute atomic E-state index is 0.0289. The molecule has 0 aliphatic rings. The van der Waals surface area contributed by atoms with Gasteiger partial charge in [-0.1, -0.05) is 406 Å². The van der Waals surface area contributed by atoms with E-state index in [0.29, 0.717) is 25.9 Å². The van der Waals surface area contributed by atoms with Gasteiger partial charge in [0.1, 0.15) is 0 Å². The van der Waals surface area contributed by atoms with Gasteiger partial charge in [-0.05, 0) is 25.7 Å². The van der Waals surface area contributed by atoms with Crippen molar-refractivity contribution in [3.05, 3.63) is 0 Å². The van der Waals surface area contributed by atoms with Crippen LogP contribution in [0.2, 0.25) is 0 Å². The monoisotopic (exact) mass is 1140 g/mol. The number of rotatable bonds is 72. The number of aliphatic hydroxyl groups is 2. The van der Waals surface area contributed by atoms with E-state index in [2.05, 4.69) is 19.2 Å². The lowest BCUT2D eigenvalue weighted by molar-refractivity contribution is -0.143. The number of esters is 1. The van der Waals surface area contributed by atoms with E-state index in [9.17, 15) is 19.8 Å². The molecule has 6 heteroatoms. The van der Waals surface area contributed by atoms with Crippen molar-refractivity contribution >= 4 is 11.9 Å². The van der Waals surface area contributed by atoms with Crippen molar-refractivity contribution in [3.8, 4) is 0 Å². The minimum atomic E-state index is -0.657. The SMILES string of the molecule is CCCCCCCCCCCCCCCCCCCCC(=O)OCCCCCCCCCCCCCCCCCCCCCCCCCCCCCCCCCCCCCCCC(=O)NC(CO)C(O)CCCCCCCCCCC. The summed E-state index contributed by atoms with van der Waals surface area (Å²) in [6.07, 6.45) is 87.8. The molecule has 0 radical (unpaired) electrons. The molecule has 2 atom stereocenters. The van der Waals surface area contributed by atoms with Gasteiger partial charge in [0, 0.05) is 12.8 Å². The van der Waals surface area contributed by atoms with Gasteiger partial charge in [0.2, 0.25) is 5.91 Å². The Morgan fingerprint density at radius 2 is 0.506 bits per heavy atom. The van der Waals surface area contributed by atoms with Crippen LogP contribution in [0, 0.1) is 0 Å². The van der Waals surface area contributed by atoms with Crippen LogP contribution in [0.4, 0.5) is 0 Å². The molecule has 0 bridgehead atoms. The summed E-state index contributed by atoms with van der Waals surface area (Å²) in [6, 6.07) is -0.533. The zero-order valence-corrected chi connectivity index (χ0v) is 55.6. The largest absolute Gasteiger partial charge is 0.466 e. The Hall–Kier alpha value is -1.14. The standard InChI is InChI=1S/C75H149NO5/c1-3-5-7-9-11-13-14-15-16-17-40-43-46-49-53-57-61-65-69-75(80)81-70-66-62-58-54-50-47-44-41-38-36-34-32-30-28-26-24-22-20-18-19-21-23-25-27-29-31-33-35-37-39-42-45-48-52-56-60-64-68-74(79)76-72(71-77)73(78)67-63-59-55-51-12-10-8-6-4-2/h72-73,77-78H,3-71H2,1-2H3,(H,76,79). The molecule has 1 amide bonds. The van der Waals surface area contributed by atoms with E-state index in [0.717, 1.165) is 38.5 Å². The Morgan fingerprint density at radius 3 is 0.753 bits per heavy atom. The van der Waals surface area contributed by atoms with Crippen molar-refractivity contribution in [2.75, 3.05) is 13.2 Å². The molecule has 0 aromatic carbocycles. The Bertz CT molecular complexity index is 1180. The summed E-state index contributed by atoms with van der Waals surface area (Å²) < 4.78 is 5.52. The van der Waals surface area contributed by atoms with Crippen LogP contribution in [0.1, 0.15) is 444 Å². The van der Waals surface area contributed by atoms with Gasteiger partial charge < -0.3 is 20.3 Å². The number of unbranched alkanes of at least 4 members (excludes halogenated alkanes) is 61. The molecule has 81 heavy (non-hydrogen) atoms. The molecule has 0 saturated carbocycles. The van der Waals surface area contributed by atoms with Gasteiger partial charge >= 0.3 is 5.97 Å². The van der Waals surface area contributed by atoms with Crippen molar-refractivity contribution < 1.29 is 24.5 Å². The number of nitrogens with one attached hydrogen (secondary N) is 1. The van der Waals surface area contributed by atoms with Gasteiger partial charge in [-0.3, -0.25) is 9.59 Å². The van der Waals surface area contributed by atoms with Crippen molar-refractivity contribution in [1.29, 1.82) is 0 Å². The summed E-state index contributed by atoms with van der Waals surface area (Å²) in [7, 11) is 0. The van der Waals surface area contributed by atoms with Crippen LogP contribution in [0.5, 0.6) is 0 Å². The van der Waals surface area contributed by atoms with Gasteiger partial charge in [0.25, 0.3) is 0 Å². The molecule has 0 aliphatic heterocycles. The van der Waals surface area contributed by atoms with E-state index >= 15 is 0 Å². The van der Waals surface area contributed by atoms with Crippen LogP contribution < -0.4 is 5.32 Å². The first-order valence-electron chi connectivity index (χ1n) is 37.8. The quantitative estimate of drug-likeness (QED) is 0.0417. The third-order valence-electron chi connectivity index (χ3n) is 18.2. The van der Waals surface area contributed by atoms with Crippen molar-refractivity contribution in [2.45, 2.75) is 456 Å². The zero-order chi connectivity index (χ0) is 58.5. The van der Waals surface area contributed by atoms with Gasteiger partial charge in [0.15, 0.2) is 0 Å². The summed E-state index contributed by atoms with van der Waals surface area (Å²) in [5.74, 6) is 0.0000130. The smallest absolute Gasteiger partial charge is 0.305 e. The van der Waals surface area contributed by atoms with Gasteiger partial charge in [-0.25, -0.2) is 0 Å². The molecule has 3 N–H and O–H groups in total. The predicted octanol–water partition coefficient (Wildman–Crippen LogP) is 24.5. The maximum atomic E-state index is 12.4. The second-order valence-electron chi connectivity index (χ2n) is 26.4. The van der Waals surface area contributed by atoms with E-state index in [1.807, 2.05) is 0 Å². The molecule has 0 aromatic rings. The van der Waals surface area contributed by atoms with Crippen LogP contribution in [0.3, 0.4) is 0 Å². The molecule has 2 unspecified atom stereocenters. The Morgan fingerprint density at radius 1 is 0.296 bits per heavy atom. The molecule has 6 nitrogen and oxygen atoms in total. The maximum Gasteiger partial charge on any atom is 0.305 e. The summed E-state index contributed by atoms with van der Waals surface area (Å²) in [5.41, 5.74) is 0. The van der Waals surface area contributed by atoms with Gasteiger partial charge in [-0.15, -0.1) is 0 Å². The molecule has 0 spiro atoms. The molecular formula is C75H149NO5. The normalized spacial score (nSPS) is 12.4. The van der Waals surface area contributed by atoms with Crippen molar-refractivity contribution in [2.24, 2.45) is 0 Å². The highest BCUT2D eigenvalue weighted by molar-refractivity contribution is 5.76. The molecule has 0 saturated heterocycles. The summed E-state index contributed by atoms with van der Waals surface area (Å²) in [6.45, 7) is 4.98. The van der Waals surface area contributed by atoms with Crippen molar-refractivity contribution in [3.63, 3.8) is 0 Å². The van der Waals surface area contributed by atoms with E-state index < -0.39 is 12.1 Å². The fourth-order valence-electron chi connectivity index (χ4n) is 12.4. The van der Waals surface area contributed by atoms with Gasteiger partial charge in [-0.2, -0.15) is 0 Å². The fourth-order valence-corrected chi connectivity index (χ4v) is 12.4. The number of hydrogen-bond acceptors (Lipinski definition) is 5. The third-order valence-corrected chi connectivity index (χ3v) is 18.2. The number of carbonyl (C=O) groups is 2. The number of carbonyl (C=O) groups excluding carboxylic acids is 2. The summed E-state index contributed by atoms with van der Waals surface area (Å²) in [5, 5.41) is 23.2. The predicted molar refractivity (Wildman–Crippen MR) is 357 cm³/mol. The second-order valence-corrected chi connectivity index (χ2v) is 26.4. The first-order chi connectivity index (χ1) is 40.0. The first kappa shape index (κ1) is 79.9. The molecule has 0 aromatic heterocycles. The topological polar surface area (TPSA) is 95.9 Å². The van der Waals surface area contributed by atoms with Crippen LogP contribution >= 0.6 is 0 Å². The number of amides is 1. The average Bonchev–Trinajstić information content (AvgIpc) is 3.47. The first-order valence-corrected chi connectivity index (χ1v) is 37.8. The fraction of sp³-hybridized carbons (Fsp3) is 0.973. The van der Waals surface area contributed by atoms with E-state index in [1.54, 1.807) is 0 Å². The summed E-state index contributed by atoms with van der Waals surface area (Å²) in [4.78, 5) is 24.6. The maximum absolute atomic E-state index is 12.4. The average molecular weight is 1150 g/mol. The highest BCUT2D eigenvalue weighted by Crippen LogP contribution is 2.20. The molecule has 0 fully saturated rings. The van der Waals surface area contributed by atoms with E-state index in [4.69, 9.17) is 4.74 Å². The molecule has 0 aliphatic carbocycles. The molecule has 484 valence electrons. The lowest BCUT2D eigenvalue weighted by Gasteiger charge is -2.22. The highest BCUT2D eigenvalue weighted by Gasteiger charge is 2.20. The third kappa shape index (κ3) is 67.9. The van der Waals surface area contributed by atoms with Crippen LogP contribution in [-0.4, -0.2) is 47.4 Å². The van der Waals surface area contributed by atoms with Gasteiger partial charge in [0.05, 0.1) is 25.4 Å². The number of hydrogen-bond donors (Lipinski definition) is 3. The Kier molecular flexibility index (Phi) is 70.3. The van der Waals surface area contributed by atoms with Crippen LogP contribution in [0.25, 0.3) is 0 Å². The van der Waals surface area contributed by atoms with Crippen molar-refractivity contribution in [1.82, 2.24) is 5.32 Å². The van der Waals surface area contributed by atoms with Crippen LogP contribution in [-0.2, 0) is 14.3 Å². The summed E-state index contributed by atoms with van der Waals surface area (Å²) >= 11 is 0. The molecular weight excluding hydrogens is 995 g/mol. The zero-order valence-electron chi connectivity index (χ0n) is 55.6. The van der Waals surface area contributed by atoms with E-state index in [1.165, 1.54) is 372 Å². The molecule has 0 rings (SSSR count). The Balaban J connectivity index is 3.24. The Labute approximate surface area is 508 Å². The van der Waals surface area contributed by atoms with Crippen LogP contribution in [0.15, 0.2) is 0 Å².